The number of carbonyl (C=O) groups excluding carboxylic acids is 2. The van der Waals surface area contributed by atoms with Gasteiger partial charge in [0.2, 0.25) is 0 Å². The summed E-state index contributed by atoms with van der Waals surface area (Å²) in [5, 5.41) is 14.6. The van der Waals surface area contributed by atoms with E-state index in [2.05, 4.69) is 47.1 Å². The highest BCUT2D eigenvalue weighted by atomic mass is 127. The summed E-state index contributed by atoms with van der Waals surface area (Å²) in [4.78, 5) is 29.4. The fraction of sp³-hybridized carbons (Fsp3) is 0.625. The molecule has 2 aliphatic rings. The molecule has 2 aliphatic heterocycles. The van der Waals surface area contributed by atoms with Crippen molar-refractivity contribution in [3.05, 3.63) is 27.8 Å². The van der Waals surface area contributed by atoms with E-state index in [9.17, 15) is 9.59 Å². The Kier molecular flexibility index (Phi) is 8.79. The lowest BCUT2D eigenvalue weighted by Crippen LogP contribution is -2.47. The van der Waals surface area contributed by atoms with Crippen LogP contribution in [0.2, 0.25) is 0 Å². The Balaban J connectivity index is 1.52. The number of rotatable bonds is 10. The molecule has 0 aromatic heterocycles. The average molecular weight is 553 g/mol. The molecule has 0 aliphatic carbocycles. The molecule has 2 saturated heterocycles. The van der Waals surface area contributed by atoms with Gasteiger partial charge in [0.05, 0.1) is 0 Å². The van der Waals surface area contributed by atoms with Gasteiger partial charge >= 0.3 is 6.03 Å². The summed E-state index contributed by atoms with van der Waals surface area (Å²) < 4.78 is 1.08. The van der Waals surface area contributed by atoms with Crippen LogP contribution >= 0.6 is 22.6 Å². The number of benzene rings is 1. The molecule has 32 heavy (non-hydrogen) atoms. The lowest BCUT2D eigenvalue weighted by molar-refractivity contribution is -0.131. The molecule has 2 fully saturated rings. The number of unbranched alkanes of at least 4 members (excludes halogenated alkanes) is 2. The van der Waals surface area contributed by atoms with Gasteiger partial charge in [-0.15, -0.1) is 0 Å². The molecule has 3 N–H and O–H groups in total. The summed E-state index contributed by atoms with van der Waals surface area (Å²) in [6.07, 6.45) is 7.36. The van der Waals surface area contributed by atoms with Crippen LogP contribution in [0.15, 0.2) is 24.3 Å². The number of hydrogen-bond donors (Lipinski definition) is 3. The van der Waals surface area contributed by atoms with Crippen molar-refractivity contribution in [3.8, 4) is 0 Å². The van der Waals surface area contributed by atoms with Gasteiger partial charge in [0.1, 0.15) is 5.54 Å². The number of likely N-dealkylation sites (tertiary alicyclic amines) is 1. The van der Waals surface area contributed by atoms with Gasteiger partial charge < -0.3 is 15.5 Å². The number of urea groups is 1. The number of amides is 3. The van der Waals surface area contributed by atoms with E-state index in [0.29, 0.717) is 19.0 Å². The first-order valence-electron chi connectivity index (χ1n) is 11.9. The molecular weight excluding hydrogens is 517 g/mol. The van der Waals surface area contributed by atoms with Crippen molar-refractivity contribution < 1.29 is 9.59 Å². The Hall–Kier alpha value is -1.84. The second-order valence-corrected chi connectivity index (χ2v) is 10.3. The minimum Gasteiger partial charge on any atom is -0.342 e. The molecular formula is C24H36IN5O2. The van der Waals surface area contributed by atoms with Crippen molar-refractivity contribution in [2.75, 3.05) is 25.0 Å². The number of nitrogens with zero attached hydrogens (tertiary/aromatic N) is 2. The highest BCUT2D eigenvalue weighted by Crippen LogP contribution is 2.30. The van der Waals surface area contributed by atoms with Crippen LogP contribution in [0.5, 0.6) is 0 Å². The second kappa shape index (κ2) is 11.3. The number of halogens is 1. The summed E-state index contributed by atoms with van der Waals surface area (Å²) in [6.45, 7) is 6.23. The van der Waals surface area contributed by atoms with Crippen LogP contribution in [0, 0.1) is 14.9 Å². The van der Waals surface area contributed by atoms with Crippen molar-refractivity contribution in [1.82, 2.24) is 15.1 Å². The smallest absolute Gasteiger partial charge is 0.321 e. The highest BCUT2D eigenvalue weighted by molar-refractivity contribution is 14.1. The van der Waals surface area contributed by atoms with Crippen molar-refractivity contribution in [3.63, 3.8) is 0 Å². The maximum absolute atomic E-state index is 13.3. The maximum atomic E-state index is 13.3. The number of nitrogens with one attached hydrogen (secondary N) is 3. The summed E-state index contributed by atoms with van der Waals surface area (Å²) >= 11 is 2.23. The van der Waals surface area contributed by atoms with Crippen molar-refractivity contribution >= 4 is 46.2 Å². The summed E-state index contributed by atoms with van der Waals surface area (Å²) in [7, 11) is 0. The summed E-state index contributed by atoms with van der Waals surface area (Å²) in [5.74, 6) is 0.655. The van der Waals surface area contributed by atoms with E-state index in [1.807, 2.05) is 29.2 Å². The molecule has 1 unspecified atom stereocenters. The predicted octanol–water partition coefficient (Wildman–Crippen LogP) is 5.02. The first-order valence-corrected chi connectivity index (χ1v) is 13.0. The summed E-state index contributed by atoms with van der Waals surface area (Å²) in [6, 6.07) is 7.70. The number of anilines is 1. The normalized spacial score (nSPS) is 20.0. The van der Waals surface area contributed by atoms with E-state index in [-0.39, 0.29) is 17.9 Å². The molecule has 176 valence electrons. The number of carbonyl (C=O) groups is 2. The largest absolute Gasteiger partial charge is 0.342 e. The van der Waals surface area contributed by atoms with E-state index in [1.54, 1.807) is 4.90 Å². The fourth-order valence-electron chi connectivity index (χ4n) is 4.67. The van der Waals surface area contributed by atoms with E-state index in [4.69, 9.17) is 5.41 Å². The molecule has 1 atom stereocenters. The molecule has 8 heteroatoms. The lowest BCUT2D eigenvalue weighted by Gasteiger charge is -2.27. The first kappa shape index (κ1) is 24.8. The van der Waals surface area contributed by atoms with Gasteiger partial charge in [0.25, 0.3) is 5.91 Å². The average Bonchev–Trinajstić information content (AvgIpc) is 3.33. The lowest BCUT2D eigenvalue weighted by atomic mass is 9.87. The van der Waals surface area contributed by atoms with Gasteiger partial charge in [0, 0.05) is 28.9 Å². The summed E-state index contributed by atoms with van der Waals surface area (Å²) in [5.41, 5.74) is 0.209. The van der Waals surface area contributed by atoms with Crippen LogP contribution in [-0.4, -0.2) is 52.9 Å². The highest BCUT2D eigenvalue weighted by Gasteiger charge is 2.48. The third-order valence-corrected chi connectivity index (χ3v) is 7.28. The third kappa shape index (κ3) is 5.94. The van der Waals surface area contributed by atoms with E-state index in [0.717, 1.165) is 67.2 Å². The molecule has 3 rings (SSSR count). The van der Waals surface area contributed by atoms with Crippen LogP contribution in [0.1, 0.15) is 65.2 Å². The molecule has 1 aromatic rings. The molecule has 0 radical (unpaired) electrons. The molecule has 0 bridgehead atoms. The molecule has 0 spiro atoms. The van der Waals surface area contributed by atoms with Crippen LogP contribution in [0.4, 0.5) is 10.5 Å². The van der Waals surface area contributed by atoms with Crippen LogP contribution in [0.25, 0.3) is 0 Å². The molecule has 1 aromatic carbocycles. The molecule has 0 saturated carbocycles. The Labute approximate surface area is 205 Å². The molecule has 2 heterocycles. The molecule has 3 amide bonds. The zero-order chi connectivity index (χ0) is 23.1. The number of guanidine groups is 1. The van der Waals surface area contributed by atoms with Gasteiger partial charge in [0.15, 0.2) is 5.96 Å². The minimum absolute atomic E-state index is 0.0654. The Morgan fingerprint density at radius 2 is 2.00 bits per heavy atom. The Bertz CT molecular complexity index is 822. The van der Waals surface area contributed by atoms with Crippen LogP contribution in [0.3, 0.4) is 0 Å². The molecule has 7 nitrogen and oxygen atoms in total. The quantitative estimate of drug-likeness (QED) is 0.356. The standard InChI is InChI=1S/C24H36IN5O2/c1-3-5-12-24(13-6-4-2)21(31)30(22(26)28-24)15-11-18-10-14-29(17-18)23(32)27-20-9-7-8-19(25)16-20/h7-9,16,18H,3-6,10-15,17H2,1-2H3,(H2,26,28)(H,27,32). The van der Waals surface area contributed by atoms with E-state index in [1.165, 1.54) is 0 Å². The number of hydrogen-bond acceptors (Lipinski definition) is 3. The van der Waals surface area contributed by atoms with Crippen molar-refractivity contribution in [2.24, 2.45) is 5.92 Å². The third-order valence-electron chi connectivity index (χ3n) is 6.61. The topological polar surface area (TPSA) is 88.5 Å². The second-order valence-electron chi connectivity index (χ2n) is 9.05. The van der Waals surface area contributed by atoms with Gasteiger partial charge in [-0.2, -0.15) is 0 Å². The van der Waals surface area contributed by atoms with E-state index < -0.39 is 5.54 Å². The first-order chi connectivity index (χ1) is 15.4. The van der Waals surface area contributed by atoms with E-state index >= 15 is 0 Å². The fourth-order valence-corrected chi connectivity index (χ4v) is 5.22. The van der Waals surface area contributed by atoms with Crippen molar-refractivity contribution in [2.45, 2.75) is 70.8 Å². The van der Waals surface area contributed by atoms with Crippen LogP contribution in [-0.2, 0) is 4.79 Å². The zero-order valence-electron chi connectivity index (χ0n) is 19.3. The zero-order valence-corrected chi connectivity index (χ0v) is 21.4. The minimum atomic E-state index is -0.599. The SMILES string of the molecule is CCCCC1(CCCC)NC(=N)N(CCC2CCN(C(=O)Nc3cccc(I)c3)C2)C1=O. The van der Waals surface area contributed by atoms with Gasteiger partial charge in [-0.25, -0.2) is 4.79 Å². The maximum Gasteiger partial charge on any atom is 0.321 e. The van der Waals surface area contributed by atoms with Gasteiger partial charge in [-0.1, -0.05) is 45.6 Å². The van der Waals surface area contributed by atoms with Gasteiger partial charge in [-0.05, 0) is 72.4 Å². The Morgan fingerprint density at radius 1 is 1.28 bits per heavy atom. The predicted molar refractivity (Wildman–Crippen MR) is 137 cm³/mol. The van der Waals surface area contributed by atoms with Crippen molar-refractivity contribution in [1.29, 1.82) is 5.41 Å². The van der Waals surface area contributed by atoms with Crippen LogP contribution < -0.4 is 10.6 Å². The monoisotopic (exact) mass is 553 g/mol. The van der Waals surface area contributed by atoms with Gasteiger partial charge in [-0.3, -0.25) is 15.1 Å². The Morgan fingerprint density at radius 3 is 2.66 bits per heavy atom.